The second kappa shape index (κ2) is 6.24. The molecular formula is C22H26OSi. The lowest BCUT2D eigenvalue weighted by Crippen LogP contribution is -2.42. The van der Waals surface area contributed by atoms with Crippen molar-refractivity contribution >= 4 is 8.32 Å². The molecule has 1 atom stereocenters. The van der Waals surface area contributed by atoms with E-state index >= 15 is 0 Å². The Kier molecular flexibility index (Phi) is 4.42. The van der Waals surface area contributed by atoms with Crippen LogP contribution in [0.2, 0.25) is 18.1 Å². The van der Waals surface area contributed by atoms with Gasteiger partial charge in [-0.15, -0.1) is 0 Å². The van der Waals surface area contributed by atoms with E-state index in [0.717, 1.165) is 17.5 Å². The molecule has 1 aliphatic carbocycles. The Morgan fingerprint density at radius 1 is 0.917 bits per heavy atom. The van der Waals surface area contributed by atoms with E-state index in [4.69, 9.17) is 4.43 Å². The number of fused-ring (bicyclic) bond motifs is 2. The summed E-state index contributed by atoms with van der Waals surface area (Å²) in [6.07, 6.45) is 0.951. The van der Waals surface area contributed by atoms with Crippen LogP contribution >= 0.6 is 0 Å². The molecule has 0 fully saturated rings. The first-order valence-electron chi connectivity index (χ1n) is 8.65. The summed E-state index contributed by atoms with van der Waals surface area (Å²) >= 11 is 0. The van der Waals surface area contributed by atoms with Crippen molar-refractivity contribution in [3.05, 3.63) is 70.8 Å². The van der Waals surface area contributed by atoms with Gasteiger partial charge >= 0.3 is 0 Å². The zero-order chi connectivity index (χ0) is 17.4. The molecule has 0 heterocycles. The quantitative estimate of drug-likeness (QED) is 0.505. The zero-order valence-electron chi connectivity index (χ0n) is 15.3. The zero-order valence-corrected chi connectivity index (χ0v) is 16.3. The van der Waals surface area contributed by atoms with Gasteiger partial charge in [-0.1, -0.05) is 69.0 Å². The van der Waals surface area contributed by atoms with Crippen molar-refractivity contribution in [2.45, 2.75) is 51.4 Å². The summed E-state index contributed by atoms with van der Waals surface area (Å²) in [5.41, 5.74) is 4.72. The molecule has 0 radical (unpaired) electrons. The molecule has 0 spiro atoms. The van der Waals surface area contributed by atoms with Gasteiger partial charge in [-0.3, -0.25) is 0 Å². The minimum atomic E-state index is -1.87. The Morgan fingerprint density at radius 2 is 1.50 bits per heavy atom. The normalized spacial score (nSPS) is 17.0. The van der Waals surface area contributed by atoms with E-state index in [2.05, 4.69) is 94.2 Å². The summed E-state index contributed by atoms with van der Waals surface area (Å²) in [4.78, 5) is 0. The van der Waals surface area contributed by atoms with Gasteiger partial charge in [-0.25, -0.2) is 0 Å². The highest BCUT2D eigenvalue weighted by molar-refractivity contribution is 6.74. The SMILES string of the molecule is CC(C)(C)[Si](C)(C)OC1Cc2ccccc2C#Cc2ccccc21. The lowest BCUT2D eigenvalue weighted by molar-refractivity contribution is 0.183. The molecule has 0 saturated heterocycles. The fraction of sp³-hybridized carbons (Fsp3) is 0.364. The summed E-state index contributed by atoms with van der Waals surface area (Å²) < 4.78 is 6.83. The van der Waals surface area contributed by atoms with Crippen molar-refractivity contribution in [2.75, 3.05) is 0 Å². The predicted octanol–water partition coefficient (Wildman–Crippen LogP) is 5.71. The second-order valence-corrected chi connectivity index (χ2v) is 12.8. The molecule has 0 amide bonds. The van der Waals surface area contributed by atoms with E-state index in [9.17, 15) is 0 Å². The summed E-state index contributed by atoms with van der Waals surface area (Å²) in [7, 11) is -1.87. The topological polar surface area (TPSA) is 9.23 Å². The molecule has 24 heavy (non-hydrogen) atoms. The summed E-state index contributed by atoms with van der Waals surface area (Å²) in [6.45, 7) is 11.5. The first-order valence-corrected chi connectivity index (χ1v) is 11.6. The Hall–Kier alpha value is -1.82. The van der Waals surface area contributed by atoms with Crippen LogP contribution in [0.5, 0.6) is 0 Å². The van der Waals surface area contributed by atoms with Crippen LogP contribution in [-0.4, -0.2) is 8.32 Å². The molecule has 2 aromatic rings. The van der Waals surface area contributed by atoms with Gasteiger partial charge in [0.05, 0.1) is 6.10 Å². The number of rotatable bonds is 2. The second-order valence-electron chi connectivity index (χ2n) is 8.07. The third-order valence-electron chi connectivity index (χ3n) is 5.31. The minimum absolute atomic E-state index is 0.0674. The van der Waals surface area contributed by atoms with Gasteiger partial charge in [0.15, 0.2) is 8.32 Å². The van der Waals surface area contributed by atoms with Crippen molar-refractivity contribution in [1.82, 2.24) is 0 Å². The Balaban J connectivity index is 2.08. The maximum Gasteiger partial charge on any atom is 0.192 e. The molecule has 2 aromatic carbocycles. The van der Waals surface area contributed by atoms with Gasteiger partial charge in [0.1, 0.15) is 0 Å². The molecule has 0 saturated carbocycles. The van der Waals surface area contributed by atoms with Crippen LogP contribution in [-0.2, 0) is 10.8 Å². The van der Waals surface area contributed by atoms with E-state index in [1.807, 2.05) is 0 Å². The van der Waals surface area contributed by atoms with Gasteiger partial charge in [0.25, 0.3) is 0 Å². The highest BCUT2D eigenvalue weighted by Gasteiger charge is 2.40. The van der Waals surface area contributed by atoms with E-state index < -0.39 is 8.32 Å². The maximum atomic E-state index is 6.83. The molecule has 2 heteroatoms. The van der Waals surface area contributed by atoms with Crippen LogP contribution in [0.25, 0.3) is 0 Å². The van der Waals surface area contributed by atoms with E-state index in [-0.39, 0.29) is 11.1 Å². The molecule has 0 N–H and O–H groups in total. The van der Waals surface area contributed by atoms with Crippen LogP contribution < -0.4 is 0 Å². The molecule has 1 unspecified atom stereocenters. The Morgan fingerprint density at radius 3 is 2.21 bits per heavy atom. The van der Waals surface area contributed by atoms with Crippen LogP contribution in [0.3, 0.4) is 0 Å². The van der Waals surface area contributed by atoms with Crippen molar-refractivity contribution in [2.24, 2.45) is 0 Å². The standard InChI is InChI=1S/C22H26OSi/c1-22(2,3)24(4,5)23-21-16-19-12-7-6-10-17(19)14-15-18-11-8-9-13-20(18)21/h6-13,21H,16H2,1-5H3. The van der Waals surface area contributed by atoms with Crippen molar-refractivity contribution in [1.29, 1.82) is 0 Å². The number of hydrogen-bond donors (Lipinski definition) is 0. The van der Waals surface area contributed by atoms with Gasteiger partial charge in [0, 0.05) is 17.5 Å². The molecule has 3 rings (SSSR count). The monoisotopic (exact) mass is 334 g/mol. The van der Waals surface area contributed by atoms with Gasteiger partial charge in [0.2, 0.25) is 0 Å². The maximum absolute atomic E-state index is 6.83. The highest BCUT2D eigenvalue weighted by atomic mass is 28.4. The van der Waals surface area contributed by atoms with Crippen molar-refractivity contribution in [3.63, 3.8) is 0 Å². The first kappa shape index (κ1) is 17.0. The summed E-state index contributed by atoms with van der Waals surface area (Å²) in [6, 6.07) is 16.9. The smallest absolute Gasteiger partial charge is 0.192 e. The molecule has 1 nitrogen and oxygen atoms in total. The van der Waals surface area contributed by atoms with Gasteiger partial charge < -0.3 is 4.43 Å². The number of benzene rings is 2. The largest absolute Gasteiger partial charge is 0.410 e. The first-order chi connectivity index (χ1) is 11.3. The fourth-order valence-electron chi connectivity index (χ4n) is 2.79. The Bertz CT molecular complexity index is 802. The lowest BCUT2D eigenvalue weighted by Gasteiger charge is -2.40. The van der Waals surface area contributed by atoms with Crippen LogP contribution in [0, 0.1) is 11.8 Å². The van der Waals surface area contributed by atoms with Crippen molar-refractivity contribution < 1.29 is 4.43 Å². The average Bonchev–Trinajstić information content (AvgIpc) is 2.50. The summed E-state index contributed by atoms with van der Waals surface area (Å²) in [5.74, 6) is 6.70. The number of hydrogen-bond acceptors (Lipinski definition) is 1. The van der Waals surface area contributed by atoms with Gasteiger partial charge in [-0.05, 0) is 41.4 Å². The lowest BCUT2D eigenvalue weighted by atomic mass is 9.92. The molecule has 0 aromatic heterocycles. The van der Waals surface area contributed by atoms with Crippen molar-refractivity contribution in [3.8, 4) is 11.8 Å². The molecule has 0 aliphatic heterocycles. The van der Waals surface area contributed by atoms with Crippen LogP contribution in [0.15, 0.2) is 48.5 Å². The summed E-state index contributed by atoms with van der Waals surface area (Å²) in [5, 5.41) is 0.190. The molecular weight excluding hydrogens is 308 g/mol. The minimum Gasteiger partial charge on any atom is -0.410 e. The molecule has 1 aliphatic rings. The highest BCUT2D eigenvalue weighted by Crippen LogP contribution is 2.41. The third kappa shape index (κ3) is 3.33. The van der Waals surface area contributed by atoms with E-state index in [0.29, 0.717) is 0 Å². The van der Waals surface area contributed by atoms with Crippen LogP contribution in [0.4, 0.5) is 0 Å². The van der Waals surface area contributed by atoms with Gasteiger partial charge in [-0.2, -0.15) is 0 Å². The average molecular weight is 335 g/mol. The third-order valence-corrected chi connectivity index (χ3v) is 9.79. The molecule has 0 bridgehead atoms. The van der Waals surface area contributed by atoms with Crippen LogP contribution in [0.1, 0.15) is 49.1 Å². The Labute approximate surface area is 147 Å². The van der Waals surface area contributed by atoms with E-state index in [1.165, 1.54) is 11.1 Å². The van der Waals surface area contributed by atoms with E-state index in [1.54, 1.807) is 0 Å². The predicted molar refractivity (Wildman–Crippen MR) is 104 cm³/mol. The fourth-order valence-corrected chi connectivity index (χ4v) is 4.07. The molecule has 124 valence electrons.